The first kappa shape index (κ1) is 14.1. The van der Waals surface area contributed by atoms with E-state index < -0.39 is 0 Å². The fraction of sp³-hybridized carbons (Fsp3) is 0.294. The molecule has 0 aromatic heterocycles. The summed E-state index contributed by atoms with van der Waals surface area (Å²) in [7, 11) is 0. The van der Waals surface area contributed by atoms with Crippen LogP contribution in [0.3, 0.4) is 0 Å². The lowest BCUT2D eigenvalue weighted by Crippen LogP contribution is -2.07. The minimum atomic E-state index is 0.295. The van der Waals surface area contributed by atoms with Gasteiger partial charge in [-0.25, -0.2) is 0 Å². The third-order valence-electron chi connectivity index (χ3n) is 3.38. The quantitative estimate of drug-likeness (QED) is 0.785. The summed E-state index contributed by atoms with van der Waals surface area (Å²) >= 11 is 3.59. The SMILES string of the molecule is CCc1ccc(C(C)Nc2cc(C)ccc2Br)cc1. The lowest BCUT2D eigenvalue weighted by molar-refractivity contribution is 0.881. The molecule has 0 heterocycles. The van der Waals surface area contributed by atoms with Gasteiger partial charge in [-0.2, -0.15) is 0 Å². The van der Waals surface area contributed by atoms with E-state index in [4.69, 9.17) is 0 Å². The van der Waals surface area contributed by atoms with E-state index in [-0.39, 0.29) is 0 Å². The van der Waals surface area contributed by atoms with E-state index in [0.29, 0.717) is 6.04 Å². The Balaban J connectivity index is 2.15. The van der Waals surface area contributed by atoms with Gasteiger partial charge in [0, 0.05) is 16.2 Å². The summed E-state index contributed by atoms with van der Waals surface area (Å²) in [5, 5.41) is 3.56. The third kappa shape index (κ3) is 3.60. The lowest BCUT2D eigenvalue weighted by atomic mass is 10.0. The van der Waals surface area contributed by atoms with Crippen LogP contribution in [0.25, 0.3) is 0 Å². The zero-order valence-electron chi connectivity index (χ0n) is 11.7. The van der Waals surface area contributed by atoms with Gasteiger partial charge in [-0.05, 0) is 65.0 Å². The highest BCUT2D eigenvalue weighted by molar-refractivity contribution is 9.10. The van der Waals surface area contributed by atoms with Gasteiger partial charge in [-0.3, -0.25) is 0 Å². The Morgan fingerprint density at radius 1 is 1.11 bits per heavy atom. The fourth-order valence-corrected chi connectivity index (χ4v) is 2.47. The number of hydrogen-bond acceptors (Lipinski definition) is 1. The van der Waals surface area contributed by atoms with Gasteiger partial charge < -0.3 is 5.32 Å². The number of aryl methyl sites for hydroxylation is 2. The molecule has 0 saturated carbocycles. The Morgan fingerprint density at radius 3 is 2.42 bits per heavy atom. The highest BCUT2D eigenvalue weighted by Crippen LogP contribution is 2.27. The Hall–Kier alpha value is -1.28. The molecule has 0 amide bonds. The van der Waals surface area contributed by atoms with Crippen molar-refractivity contribution in [2.45, 2.75) is 33.2 Å². The molecule has 2 rings (SSSR count). The van der Waals surface area contributed by atoms with Crippen LogP contribution in [0.5, 0.6) is 0 Å². The summed E-state index contributed by atoms with van der Waals surface area (Å²) in [5.74, 6) is 0. The molecule has 0 aliphatic carbocycles. The van der Waals surface area contributed by atoms with Gasteiger partial charge >= 0.3 is 0 Å². The molecule has 1 unspecified atom stereocenters. The van der Waals surface area contributed by atoms with Crippen LogP contribution in [0.2, 0.25) is 0 Å². The highest BCUT2D eigenvalue weighted by Gasteiger charge is 2.07. The first-order valence-electron chi connectivity index (χ1n) is 6.71. The molecular formula is C17H20BrN. The zero-order chi connectivity index (χ0) is 13.8. The fourth-order valence-electron chi connectivity index (χ4n) is 2.11. The standard InChI is InChI=1S/C17H20BrN/c1-4-14-6-8-15(9-7-14)13(3)19-17-11-12(2)5-10-16(17)18/h5-11,13,19H,4H2,1-3H3. The van der Waals surface area contributed by atoms with Crippen molar-refractivity contribution in [2.24, 2.45) is 0 Å². The van der Waals surface area contributed by atoms with Crippen LogP contribution in [-0.2, 0) is 6.42 Å². The minimum Gasteiger partial charge on any atom is -0.378 e. The number of hydrogen-bond donors (Lipinski definition) is 1. The van der Waals surface area contributed by atoms with Crippen LogP contribution in [-0.4, -0.2) is 0 Å². The summed E-state index contributed by atoms with van der Waals surface area (Å²) in [5.41, 5.74) is 5.10. The average molecular weight is 318 g/mol. The molecule has 100 valence electrons. The van der Waals surface area contributed by atoms with E-state index in [1.54, 1.807) is 0 Å². The molecule has 2 aromatic rings. The number of nitrogens with one attached hydrogen (secondary N) is 1. The molecule has 0 aliphatic rings. The van der Waals surface area contributed by atoms with Crippen molar-refractivity contribution in [3.63, 3.8) is 0 Å². The molecule has 1 nitrogen and oxygen atoms in total. The molecule has 0 fully saturated rings. The molecule has 2 aromatic carbocycles. The largest absolute Gasteiger partial charge is 0.378 e. The smallest absolute Gasteiger partial charge is 0.0491 e. The van der Waals surface area contributed by atoms with E-state index in [1.807, 2.05) is 0 Å². The second kappa shape index (κ2) is 6.25. The summed E-state index contributed by atoms with van der Waals surface area (Å²) in [4.78, 5) is 0. The van der Waals surface area contributed by atoms with Crippen LogP contribution >= 0.6 is 15.9 Å². The van der Waals surface area contributed by atoms with Crippen LogP contribution in [0.1, 0.15) is 36.6 Å². The van der Waals surface area contributed by atoms with Crippen molar-refractivity contribution < 1.29 is 0 Å². The predicted octanol–water partition coefficient (Wildman–Crippen LogP) is 5.49. The zero-order valence-corrected chi connectivity index (χ0v) is 13.3. The Morgan fingerprint density at radius 2 is 1.79 bits per heavy atom. The van der Waals surface area contributed by atoms with Gasteiger partial charge in [0.1, 0.15) is 0 Å². The van der Waals surface area contributed by atoms with Crippen molar-refractivity contribution in [2.75, 3.05) is 5.32 Å². The second-order valence-corrected chi connectivity index (χ2v) is 5.80. The average Bonchev–Trinajstić information content (AvgIpc) is 2.43. The first-order chi connectivity index (χ1) is 9.10. The monoisotopic (exact) mass is 317 g/mol. The van der Waals surface area contributed by atoms with Gasteiger partial charge in [0.25, 0.3) is 0 Å². The molecule has 1 N–H and O–H groups in total. The molecule has 2 heteroatoms. The molecule has 19 heavy (non-hydrogen) atoms. The van der Waals surface area contributed by atoms with Gasteiger partial charge in [-0.15, -0.1) is 0 Å². The maximum Gasteiger partial charge on any atom is 0.0491 e. The Labute approximate surface area is 124 Å². The van der Waals surface area contributed by atoms with Gasteiger partial charge in [0.05, 0.1) is 0 Å². The molecule has 0 saturated heterocycles. The van der Waals surface area contributed by atoms with Gasteiger partial charge in [-0.1, -0.05) is 37.3 Å². The molecule has 0 radical (unpaired) electrons. The summed E-state index contributed by atoms with van der Waals surface area (Å²) in [6, 6.07) is 15.5. The van der Waals surface area contributed by atoms with Crippen LogP contribution < -0.4 is 5.32 Å². The topological polar surface area (TPSA) is 12.0 Å². The van der Waals surface area contributed by atoms with E-state index in [9.17, 15) is 0 Å². The van der Waals surface area contributed by atoms with Crippen molar-refractivity contribution in [3.05, 3.63) is 63.6 Å². The number of benzene rings is 2. The Bertz CT molecular complexity index is 546. The summed E-state index contributed by atoms with van der Waals surface area (Å²) in [6.07, 6.45) is 1.09. The van der Waals surface area contributed by atoms with Crippen molar-refractivity contribution in [1.82, 2.24) is 0 Å². The lowest BCUT2D eigenvalue weighted by Gasteiger charge is -2.17. The van der Waals surface area contributed by atoms with E-state index in [1.165, 1.54) is 16.7 Å². The maximum absolute atomic E-state index is 3.59. The van der Waals surface area contributed by atoms with E-state index >= 15 is 0 Å². The highest BCUT2D eigenvalue weighted by atomic mass is 79.9. The van der Waals surface area contributed by atoms with E-state index in [0.717, 1.165) is 16.6 Å². The summed E-state index contributed by atoms with van der Waals surface area (Å²) < 4.78 is 1.11. The molecule has 0 bridgehead atoms. The number of halogens is 1. The second-order valence-electron chi connectivity index (χ2n) is 4.94. The van der Waals surface area contributed by atoms with Crippen LogP contribution in [0.4, 0.5) is 5.69 Å². The molecular weight excluding hydrogens is 298 g/mol. The minimum absolute atomic E-state index is 0.295. The number of anilines is 1. The van der Waals surface area contributed by atoms with Crippen LogP contribution in [0.15, 0.2) is 46.9 Å². The molecule has 0 aliphatic heterocycles. The van der Waals surface area contributed by atoms with Crippen molar-refractivity contribution >= 4 is 21.6 Å². The molecule has 0 spiro atoms. The van der Waals surface area contributed by atoms with Crippen LogP contribution in [0, 0.1) is 6.92 Å². The summed E-state index contributed by atoms with van der Waals surface area (Å²) in [6.45, 7) is 6.48. The first-order valence-corrected chi connectivity index (χ1v) is 7.51. The normalized spacial score (nSPS) is 12.2. The Kier molecular flexibility index (Phi) is 4.65. The van der Waals surface area contributed by atoms with Gasteiger partial charge in [0.2, 0.25) is 0 Å². The molecule has 1 atom stereocenters. The third-order valence-corrected chi connectivity index (χ3v) is 4.07. The van der Waals surface area contributed by atoms with Crippen molar-refractivity contribution in [3.8, 4) is 0 Å². The van der Waals surface area contributed by atoms with Gasteiger partial charge in [0.15, 0.2) is 0 Å². The number of rotatable bonds is 4. The maximum atomic E-state index is 3.59. The predicted molar refractivity (Wildman–Crippen MR) is 86.7 cm³/mol. The van der Waals surface area contributed by atoms with E-state index in [2.05, 4.69) is 84.5 Å². The van der Waals surface area contributed by atoms with Crippen molar-refractivity contribution in [1.29, 1.82) is 0 Å².